The summed E-state index contributed by atoms with van der Waals surface area (Å²) in [4.78, 5) is 2.36. The van der Waals surface area contributed by atoms with Gasteiger partial charge in [0.1, 0.15) is 5.58 Å². The number of hydrogen-bond donors (Lipinski definition) is 0. The van der Waals surface area contributed by atoms with Crippen molar-refractivity contribution in [1.82, 2.24) is 4.57 Å². The first-order valence-corrected chi connectivity index (χ1v) is 18.1. The number of aromatic nitrogens is 1. The van der Waals surface area contributed by atoms with Gasteiger partial charge in [0, 0.05) is 38.5 Å². The second-order valence-corrected chi connectivity index (χ2v) is 13.7. The van der Waals surface area contributed by atoms with E-state index in [0.717, 1.165) is 50.2 Å². The molecular weight excluding hydrogens is 645 g/mol. The highest BCUT2D eigenvalue weighted by molar-refractivity contribution is 6.14. The third-order valence-corrected chi connectivity index (χ3v) is 10.8. The topological polar surface area (TPSA) is 21.3 Å². The van der Waals surface area contributed by atoms with Crippen LogP contribution < -0.4 is 4.90 Å². The van der Waals surface area contributed by atoms with E-state index in [0.29, 0.717) is 0 Å². The van der Waals surface area contributed by atoms with Gasteiger partial charge < -0.3 is 13.9 Å². The van der Waals surface area contributed by atoms with Crippen LogP contribution in [0, 0.1) is 0 Å². The Hall–Kier alpha value is -7.10. The van der Waals surface area contributed by atoms with Crippen molar-refractivity contribution in [2.75, 3.05) is 4.90 Å². The second-order valence-electron chi connectivity index (χ2n) is 13.7. The molecule has 0 aliphatic rings. The Bertz CT molecular complexity index is 3190. The van der Waals surface area contributed by atoms with E-state index < -0.39 is 0 Å². The zero-order valence-electron chi connectivity index (χ0n) is 28.8. The molecule has 9 aromatic carbocycles. The molecule has 0 bridgehead atoms. The Kier molecular flexibility index (Phi) is 6.55. The lowest BCUT2D eigenvalue weighted by molar-refractivity contribution is 0.669. The highest BCUT2D eigenvalue weighted by Gasteiger charge is 2.22. The Balaban J connectivity index is 1.20. The Morgan fingerprint density at radius 2 is 1.04 bits per heavy atom. The number of nitrogens with zero attached hydrogens (tertiary/aromatic N) is 2. The summed E-state index contributed by atoms with van der Waals surface area (Å²) in [6, 6.07) is 69.8. The van der Waals surface area contributed by atoms with E-state index in [1.807, 2.05) is 6.07 Å². The summed E-state index contributed by atoms with van der Waals surface area (Å²) in [6.45, 7) is 0. The molecule has 2 heterocycles. The number of para-hydroxylation sites is 4. The smallest absolute Gasteiger partial charge is 0.159 e. The number of anilines is 3. The lowest BCUT2D eigenvalue weighted by atomic mass is 10.0. The normalized spacial score (nSPS) is 11.8. The van der Waals surface area contributed by atoms with E-state index in [4.69, 9.17) is 4.42 Å². The number of fused-ring (bicyclic) bond motifs is 9. The maximum Gasteiger partial charge on any atom is 0.159 e. The zero-order valence-corrected chi connectivity index (χ0v) is 28.8. The third-order valence-electron chi connectivity index (χ3n) is 10.8. The van der Waals surface area contributed by atoms with Crippen molar-refractivity contribution in [3.05, 3.63) is 194 Å². The lowest BCUT2D eigenvalue weighted by Gasteiger charge is -2.26. The first kappa shape index (κ1) is 29.6. The van der Waals surface area contributed by atoms with Crippen LogP contribution in [0.4, 0.5) is 17.1 Å². The molecule has 11 aromatic rings. The summed E-state index contributed by atoms with van der Waals surface area (Å²) in [5.74, 6) is 0. The van der Waals surface area contributed by atoms with Gasteiger partial charge in [-0.1, -0.05) is 146 Å². The summed E-state index contributed by atoms with van der Waals surface area (Å²) in [6.07, 6.45) is 0. The van der Waals surface area contributed by atoms with Crippen LogP contribution >= 0.6 is 0 Å². The SMILES string of the molecule is c1ccc(-c2ccccc2-n2c3ccccc3c3ccc(N(c4ccc5c(ccc6ccccc65)c4)c4cccc5c4oc4ccccc45)cc32)cc1. The van der Waals surface area contributed by atoms with E-state index in [9.17, 15) is 0 Å². The fourth-order valence-electron chi connectivity index (χ4n) is 8.36. The summed E-state index contributed by atoms with van der Waals surface area (Å²) < 4.78 is 9.13. The van der Waals surface area contributed by atoms with E-state index in [1.54, 1.807) is 0 Å². The summed E-state index contributed by atoms with van der Waals surface area (Å²) in [5, 5.41) is 9.57. The van der Waals surface area contributed by atoms with E-state index in [2.05, 4.69) is 198 Å². The van der Waals surface area contributed by atoms with Crippen LogP contribution in [-0.2, 0) is 0 Å². The van der Waals surface area contributed by atoms with Crippen LogP contribution in [0.1, 0.15) is 0 Å². The summed E-state index contributed by atoms with van der Waals surface area (Å²) in [7, 11) is 0. The first-order chi connectivity index (χ1) is 26.3. The molecule has 3 heteroatoms. The minimum Gasteiger partial charge on any atom is -0.454 e. The molecule has 3 nitrogen and oxygen atoms in total. The van der Waals surface area contributed by atoms with Crippen molar-refractivity contribution >= 4 is 82.4 Å². The Morgan fingerprint density at radius 1 is 0.396 bits per heavy atom. The van der Waals surface area contributed by atoms with Crippen LogP contribution in [0.25, 0.3) is 82.1 Å². The van der Waals surface area contributed by atoms with Gasteiger partial charge in [-0.15, -0.1) is 0 Å². The highest BCUT2D eigenvalue weighted by Crippen LogP contribution is 2.45. The molecule has 0 radical (unpaired) electrons. The lowest BCUT2D eigenvalue weighted by Crippen LogP contribution is -2.10. The number of benzene rings is 9. The Labute approximate surface area is 306 Å². The van der Waals surface area contributed by atoms with Crippen LogP contribution in [0.2, 0.25) is 0 Å². The van der Waals surface area contributed by atoms with Crippen LogP contribution in [-0.4, -0.2) is 4.57 Å². The molecule has 0 aliphatic heterocycles. The van der Waals surface area contributed by atoms with Crippen molar-refractivity contribution in [2.45, 2.75) is 0 Å². The molecule has 0 amide bonds. The van der Waals surface area contributed by atoms with Crippen molar-refractivity contribution in [3.8, 4) is 16.8 Å². The van der Waals surface area contributed by atoms with Crippen LogP contribution in [0.5, 0.6) is 0 Å². The van der Waals surface area contributed by atoms with Crippen molar-refractivity contribution in [3.63, 3.8) is 0 Å². The molecule has 11 rings (SSSR count). The van der Waals surface area contributed by atoms with Crippen molar-refractivity contribution in [2.24, 2.45) is 0 Å². The quantitative estimate of drug-likeness (QED) is 0.169. The zero-order chi connectivity index (χ0) is 34.9. The molecule has 0 atom stereocenters. The second kappa shape index (κ2) is 11.7. The van der Waals surface area contributed by atoms with Crippen molar-refractivity contribution in [1.29, 1.82) is 0 Å². The van der Waals surface area contributed by atoms with Gasteiger partial charge >= 0.3 is 0 Å². The molecule has 53 heavy (non-hydrogen) atoms. The molecule has 0 saturated carbocycles. The fourth-order valence-corrected chi connectivity index (χ4v) is 8.36. The van der Waals surface area contributed by atoms with E-state index in [-0.39, 0.29) is 0 Å². The molecule has 0 spiro atoms. The van der Waals surface area contributed by atoms with Crippen molar-refractivity contribution < 1.29 is 4.42 Å². The predicted molar refractivity (Wildman–Crippen MR) is 223 cm³/mol. The molecule has 0 saturated heterocycles. The first-order valence-electron chi connectivity index (χ1n) is 18.1. The van der Waals surface area contributed by atoms with Gasteiger partial charge in [0.15, 0.2) is 5.58 Å². The monoisotopic (exact) mass is 676 g/mol. The van der Waals surface area contributed by atoms with Gasteiger partial charge in [-0.3, -0.25) is 0 Å². The van der Waals surface area contributed by atoms with Gasteiger partial charge in [-0.25, -0.2) is 0 Å². The maximum absolute atomic E-state index is 6.70. The van der Waals surface area contributed by atoms with Gasteiger partial charge in [0.2, 0.25) is 0 Å². The molecule has 0 unspecified atom stereocenters. The van der Waals surface area contributed by atoms with Gasteiger partial charge in [0.25, 0.3) is 0 Å². The highest BCUT2D eigenvalue weighted by atomic mass is 16.3. The Morgan fingerprint density at radius 3 is 1.94 bits per heavy atom. The average molecular weight is 677 g/mol. The molecule has 248 valence electrons. The van der Waals surface area contributed by atoms with Crippen LogP contribution in [0.3, 0.4) is 0 Å². The number of hydrogen-bond acceptors (Lipinski definition) is 2. The van der Waals surface area contributed by atoms with E-state index >= 15 is 0 Å². The standard InChI is InChI=1S/C50H32N2O/c1-2-13-33(14-3-1)40-17-6-9-21-45(40)52-46-22-10-7-18-41(46)42-30-28-37(32-48(42)52)51(47-23-12-20-44-43-19-8-11-24-49(43)53-50(44)47)36-27-29-39-35(31-36)26-25-34-15-4-5-16-38(34)39/h1-32H. The molecule has 2 aromatic heterocycles. The molecule has 0 N–H and O–H groups in total. The summed E-state index contributed by atoms with van der Waals surface area (Å²) in [5.41, 5.74) is 10.7. The maximum atomic E-state index is 6.70. The van der Waals surface area contributed by atoms with Crippen LogP contribution in [0.15, 0.2) is 199 Å². The van der Waals surface area contributed by atoms with Gasteiger partial charge in [-0.05, 0) is 75.6 Å². The van der Waals surface area contributed by atoms with E-state index in [1.165, 1.54) is 49.0 Å². The molecule has 0 fully saturated rings. The average Bonchev–Trinajstić information content (AvgIpc) is 3.77. The van der Waals surface area contributed by atoms with Gasteiger partial charge in [-0.2, -0.15) is 0 Å². The predicted octanol–water partition coefficient (Wildman–Crippen LogP) is 14.1. The molecule has 0 aliphatic carbocycles. The third kappa shape index (κ3) is 4.61. The number of rotatable bonds is 5. The summed E-state index contributed by atoms with van der Waals surface area (Å²) >= 11 is 0. The van der Waals surface area contributed by atoms with Gasteiger partial charge in [0.05, 0.1) is 22.4 Å². The minimum absolute atomic E-state index is 0.863. The number of furan rings is 1. The minimum atomic E-state index is 0.863. The largest absolute Gasteiger partial charge is 0.454 e. The molecular formula is C50H32N2O. The fraction of sp³-hybridized carbons (Fsp3) is 0.